The Labute approximate surface area is 146 Å². The summed E-state index contributed by atoms with van der Waals surface area (Å²) in [5, 5.41) is 9.08. The summed E-state index contributed by atoms with van der Waals surface area (Å²) in [5.41, 5.74) is 0.958. The van der Waals surface area contributed by atoms with Gasteiger partial charge in [-0.1, -0.05) is 30.3 Å². The van der Waals surface area contributed by atoms with Crippen molar-refractivity contribution in [2.24, 2.45) is 5.92 Å². The number of piperidine rings is 1. The van der Waals surface area contributed by atoms with Crippen LogP contribution in [0.15, 0.2) is 30.3 Å². The first-order valence-corrected chi connectivity index (χ1v) is 8.49. The number of ether oxygens (including phenoxy) is 1. The number of morpholine rings is 1. The fourth-order valence-corrected chi connectivity index (χ4v) is 3.35. The molecule has 0 aliphatic carbocycles. The Balaban J connectivity index is 1.69. The molecule has 2 saturated heterocycles. The number of hydrogen-bond donors (Lipinski definition) is 1. The second kappa shape index (κ2) is 7.65. The molecule has 1 N–H and O–H groups in total. The minimum absolute atomic E-state index is 0.0162. The third-order valence-electron chi connectivity index (χ3n) is 4.83. The van der Waals surface area contributed by atoms with Crippen molar-refractivity contribution in [3.8, 4) is 0 Å². The molecule has 2 aliphatic heterocycles. The van der Waals surface area contributed by atoms with E-state index in [1.807, 2.05) is 30.3 Å². The number of hydrogen-bond acceptors (Lipinski definition) is 4. The summed E-state index contributed by atoms with van der Waals surface area (Å²) < 4.78 is 5.30. The third-order valence-corrected chi connectivity index (χ3v) is 4.83. The van der Waals surface area contributed by atoms with E-state index in [2.05, 4.69) is 0 Å². The number of carbonyl (C=O) groups excluding carboxylic acids is 2. The number of carboxylic acids is 1. The molecule has 25 heavy (non-hydrogen) atoms. The van der Waals surface area contributed by atoms with Gasteiger partial charge < -0.3 is 19.6 Å². The zero-order valence-corrected chi connectivity index (χ0v) is 14.0. The van der Waals surface area contributed by atoms with Crippen molar-refractivity contribution in [1.82, 2.24) is 9.80 Å². The molecule has 0 bridgehead atoms. The second-order valence-electron chi connectivity index (χ2n) is 6.48. The summed E-state index contributed by atoms with van der Waals surface area (Å²) >= 11 is 0. The lowest BCUT2D eigenvalue weighted by molar-refractivity contribution is -0.161. The van der Waals surface area contributed by atoms with Gasteiger partial charge in [-0.3, -0.25) is 14.4 Å². The van der Waals surface area contributed by atoms with E-state index in [1.165, 1.54) is 0 Å². The zero-order chi connectivity index (χ0) is 17.8. The normalized spacial score (nSPS) is 22.1. The highest BCUT2D eigenvalue weighted by molar-refractivity contribution is 5.89. The van der Waals surface area contributed by atoms with Gasteiger partial charge >= 0.3 is 5.97 Å². The average Bonchev–Trinajstić information content (AvgIpc) is 2.64. The quantitative estimate of drug-likeness (QED) is 0.869. The Bertz CT molecular complexity index is 640. The van der Waals surface area contributed by atoms with Crippen LogP contribution < -0.4 is 0 Å². The maximum Gasteiger partial charge on any atom is 0.306 e. The molecule has 3 rings (SSSR count). The molecule has 2 aliphatic rings. The fraction of sp³-hybridized carbons (Fsp3) is 0.500. The standard InChI is InChI=1S/C18H22N2O5/c21-16-12-25-11-15(20(16)10-13-4-2-1-3-5-13)17(22)19-8-6-14(7-9-19)18(23)24/h1-5,14-15H,6-12H2,(H,23,24)/t15-/m1/s1. The minimum Gasteiger partial charge on any atom is -0.481 e. The Morgan fingerprint density at radius 1 is 1.16 bits per heavy atom. The van der Waals surface area contributed by atoms with Gasteiger partial charge in [0.05, 0.1) is 12.5 Å². The van der Waals surface area contributed by atoms with E-state index in [1.54, 1.807) is 9.80 Å². The molecule has 0 unspecified atom stereocenters. The van der Waals surface area contributed by atoms with E-state index in [-0.39, 0.29) is 25.0 Å². The van der Waals surface area contributed by atoms with Gasteiger partial charge in [0, 0.05) is 19.6 Å². The van der Waals surface area contributed by atoms with Gasteiger partial charge in [-0.2, -0.15) is 0 Å². The van der Waals surface area contributed by atoms with Gasteiger partial charge in [0.15, 0.2) is 0 Å². The van der Waals surface area contributed by atoms with Gasteiger partial charge in [0.2, 0.25) is 11.8 Å². The van der Waals surface area contributed by atoms with E-state index >= 15 is 0 Å². The van der Waals surface area contributed by atoms with Crippen LogP contribution in [0.1, 0.15) is 18.4 Å². The van der Waals surface area contributed by atoms with Gasteiger partial charge in [0.1, 0.15) is 12.6 Å². The fourth-order valence-electron chi connectivity index (χ4n) is 3.35. The molecule has 1 atom stereocenters. The Kier molecular flexibility index (Phi) is 5.33. The molecular weight excluding hydrogens is 324 g/mol. The summed E-state index contributed by atoms with van der Waals surface area (Å²) in [6, 6.07) is 8.88. The van der Waals surface area contributed by atoms with Crippen molar-refractivity contribution < 1.29 is 24.2 Å². The summed E-state index contributed by atoms with van der Waals surface area (Å²) in [6.45, 7) is 1.33. The van der Waals surface area contributed by atoms with E-state index in [0.717, 1.165) is 5.56 Å². The van der Waals surface area contributed by atoms with E-state index in [9.17, 15) is 14.4 Å². The summed E-state index contributed by atoms with van der Waals surface area (Å²) in [4.78, 5) is 39.5. The molecule has 7 heteroatoms. The van der Waals surface area contributed by atoms with E-state index in [4.69, 9.17) is 9.84 Å². The van der Waals surface area contributed by atoms with E-state index < -0.39 is 17.9 Å². The van der Waals surface area contributed by atoms with Crippen molar-refractivity contribution in [1.29, 1.82) is 0 Å². The molecule has 0 aromatic heterocycles. The van der Waals surface area contributed by atoms with Crippen LogP contribution in [-0.4, -0.2) is 65.0 Å². The number of likely N-dealkylation sites (tertiary alicyclic amines) is 1. The van der Waals surface area contributed by atoms with Crippen LogP contribution in [0, 0.1) is 5.92 Å². The lowest BCUT2D eigenvalue weighted by atomic mass is 9.96. The van der Waals surface area contributed by atoms with Crippen LogP contribution in [0.2, 0.25) is 0 Å². The number of amides is 2. The highest BCUT2D eigenvalue weighted by Crippen LogP contribution is 2.21. The minimum atomic E-state index is -0.811. The molecule has 1 aromatic rings. The van der Waals surface area contributed by atoms with Gasteiger partial charge in [-0.05, 0) is 18.4 Å². The van der Waals surface area contributed by atoms with Crippen molar-refractivity contribution >= 4 is 17.8 Å². The summed E-state index contributed by atoms with van der Waals surface area (Å²) in [5.74, 6) is -1.57. The molecule has 2 fully saturated rings. The lowest BCUT2D eigenvalue weighted by Gasteiger charge is -2.39. The van der Waals surface area contributed by atoms with Crippen LogP contribution in [0.3, 0.4) is 0 Å². The Morgan fingerprint density at radius 2 is 1.84 bits per heavy atom. The molecule has 7 nitrogen and oxygen atoms in total. The molecule has 0 spiro atoms. The molecule has 2 heterocycles. The number of aliphatic carboxylic acids is 1. The van der Waals surface area contributed by atoms with Gasteiger partial charge in [0.25, 0.3) is 0 Å². The maximum absolute atomic E-state index is 12.9. The highest BCUT2D eigenvalue weighted by atomic mass is 16.5. The number of carboxylic acid groups (broad SMARTS) is 1. The van der Waals surface area contributed by atoms with Crippen molar-refractivity contribution in [3.05, 3.63) is 35.9 Å². The predicted octanol–water partition coefficient (Wildman–Crippen LogP) is 0.737. The SMILES string of the molecule is O=C(O)C1CCN(C(=O)[C@H]2COCC(=O)N2Cc2ccccc2)CC1. The molecular formula is C18H22N2O5. The number of carbonyl (C=O) groups is 3. The molecule has 2 amide bonds. The largest absolute Gasteiger partial charge is 0.481 e. The number of nitrogens with zero attached hydrogens (tertiary/aromatic N) is 2. The van der Waals surface area contributed by atoms with Crippen LogP contribution in [0.25, 0.3) is 0 Å². The summed E-state index contributed by atoms with van der Waals surface area (Å²) in [7, 11) is 0. The first-order chi connectivity index (χ1) is 12.1. The predicted molar refractivity (Wildman–Crippen MR) is 88.5 cm³/mol. The first-order valence-electron chi connectivity index (χ1n) is 8.49. The number of rotatable bonds is 4. The molecule has 0 radical (unpaired) electrons. The topological polar surface area (TPSA) is 87.1 Å². The molecule has 0 saturated carbocycles. The zero-order valence-electron chi connectivity index (χ0n) is 14.0. The van der Waals surface area contributed by atoms with Crippen molar-refractivity contribution in [2.75, 3.05) is 26.3 Å². The highest BCUT2D eigenvalue weighted by Gasteiger charge is 2.38. The smallest absolute Gasteiger partial charge is 0.306 e. The van der Waals surface area contributed by atoms with Crippen LogP contribution in [0.4, 0.5) is 0 Å². The van der Waals surface area contributed by atoms with Crippen molar-refractivity contribution in [3.63, 3.8) is 0 Å². The molecule has 1 aromatic carbocycles. The second-order valence-corrected chi connectivity index (χ2v) is 6.48. The van der Waals surface area contributed by atoms with Crippen LogP contribution >= 0.6 is 0 Å². The Hall–Kier alpha value is -2.41. The van der Waals surface area contributed by atoms with Gasteiger partial charge in [-0.25, -0.2) is 0 Å². The average molecular weight is 346 g/mol. The lowest BCUT2D eigenvalue weighted by Crippen LogP contribution is -2.57. The van der Waals surface area contributed by atoms with Crippen LogP contribution in [0.5, 0.6) is 0 Å². The third kappa shape index (κ3) is 3.99. The first kappa shape index (κ1) is 17.4. The van der Waals surface area contributed by atoms with Gasteiger partial charge in [-0.15, -0.1) is 0 Å². The van der Waals surface area contributed by atoms with Crippen LogP contribution in [-0.2, 0) is 25.7 Å². The number of benzene rings is 1. The molecule has 134 valence electrons. The van der Waals surface area contributed by atoms with Crippen molar-refractivity contribution in [2.45, 2.75) is 25.4 Å². The summed E-state index contributed by atoms with van der Waals surface area (Å²) in [6.07, 6.45) is 0.891. The monoisotopic (exact) mass is 346 g/mol. The maximum atomic E-state index is 12.9. The van der Waals surface area contributed by atoms with E-state index in [0.29, 0.717) is 32.5 Å². The Morgan fingerprint density at radius 3 is 2.48 bits per heavy atom.